The van der Waals surface area contributed by atoms with E-state index in [0.717, 1.165) is 38.3 Å². The molecule has 2 aliphatic heterocycles. The van der Waals surface area contributed by atoms with Crippen LogP contribution in [0, 0.1) is 11.8 Å². The molecule has 1 unspecified atom stereocenters. The first-order valence-corrected chi connectivity index (χ1v) is 9.84. The number of carbonyl (C=O) groups excluding carboxylic acids is 2. The normalized spacial score (nSPS) is 23.2. The maximum Gasteiger partial charge on any atom is 0.225 e. The molecule has 5 nitrogen and oxygen atoms in total. The van der Waals surface area contributed by atoms with E-state index in [1.807, 2.05) is 4.90 Å². The molecule has 138 valence electrons. The van der Waals surface area contributed by atoms with Gasteiger partial charge in [-0.1, -0.05) is 20.8 Å². The molecule has 0 radical (unpaired) electrons. The number of piperidine rings is 1. The van der Waals surface area contributed by atoms with Crippen LogP contribution in [0.3, 0.4) is 0 Å². The number of likely N-dealkylation sites (tertiary alicyclic amines) is 2. The average molecular weight is 338 g/mol. The fourth-order valence-corrected chi connectivity index (χ4v) is 3.93. The van der Waals surface area contributed by atoms with Crippen LogP contribution in [0.15, 0.2) is 0 Å². The summed E-state index contributed by atoms with van der Waals surface area (Å²) in [6, 6.07) is 0.289. The minimum Gasteiger partial charge on any atom is -0.356 e. The van der Waals surface area contributed by atoms with Crippen LogP contribution in [0.25, 0.3) is 0 Å². The third-order valence-electron chi connectivity index (χ3n) is 5.74. The van der Waals surface area contributed by atoms with E-state index in [2.05, 4.69) is 31.0 Å². The van der Waals surface area contributed by atoms with Gasteiger partial charge in [0.25, 0.3) is 0 Å². The molecule has 0 aliphatic carbocycles. The van der Waals surface area contributed by atoms with Crippen molar-refractivity contribution in [2.24, 2.45) is 11.8 Å². The summed E-state index contributed by atoms with van der Waals surface area (Å²) in [5.41, 5.74) is 0. The van der Waals surface area contributed by atoms with Gasteiger partial charge in [0.1, 0.15) is 0 Å². The number of carbonyl (C=O) groups is 2. The van der Waals surface area contributed by atoms with Gasteiger partial charge in [0.15, 0.2) is 0 Å². The smallest absolute Gasteiger partial charge is 0.225 e. The van der Waals surface area contributed by atoms with E-state index < -0.39 is 0 Å². The summed E-state index contributed by atoms with van der Waals surface area (Å²) in [6.45, 7) is 11.3. The first-order valence-electron chi connectivity index (χ1n) is 9.84. The lowest BCUT2D eigenvalue weighted by molar-refractivity contribution is -0.130. The Bertz CT molecular complexity index is 415. The van der Waals surface area contributed by atoms with Crippen molar-refractivity contribution in [3.63, 3.8) is 0 Å². The monoisotopic (exact) mass is 337 g/mol. The number of hydrogen-bond acceptors (Lipinski definition) is 3. The summed E-state index contributed by atoms with van der Waals surface area (Å²) in [5.74, 6) is 0.906. The maximum absolute atomic E-state index is 12.3. The van der Waals surface area contributed by atoms with Gasteiger partial charge in [-0.25, -0.2) is 0 Å². The quantitative estimate of drug-likeness (QED) is 0.691. The van der Waals surface area contributed by atoms with E-state index in [0.29, 0.717) is 13.0 Å². The molecule has 2 fully saturated rings. The van der Waals surface area contributed by atoms with Crippen molar-refractivity contribution in [1.82, 2.24) is 15.1 Å². The lowest BCUT2D eigenvalue weighted by Gasteiger charge is -2.30. The highest BCUT2D eigenvalue weighted by molar-refractivity contribution is 5.89. The third kappa shape index (κ3) is 5.20. The van der Waals surface area contributed by atoms with Crippen LogP contribution in [0.2, 0.25) is 0 Å². The van der Waals surface area contributed by atoms with Crippen LogP contribution >= 0.6 is 0 Å². The minimum atomic E-state index is -0.158. The zero-order valence-electron chi connectivity index (χ0n) is 15.7. The highest BCUT2D eigenvalue weighted by Gasteiger charge is 2.36. The Labute approximate surface area is 147 Å². The number of rotatable bonds is 8. The van der Waals surface area contributed by atoms with Gasteiger partial charge in [-0.3, -0.25) is 9.59 Å². The second-order valence-corrected chi connectivity index (χ2v) is 7.59. The van der Waals surface area contributed by atoms with E-state index in [1.54, 1.807) is 0 Å². The number of amides is 2. The summed E-state index contributed by atoms with van der Waals surface area (Å²) in [6.07, 6.45) is 5.89. The molecule has 2 saturated heterocycles. The lowest BCUT2D eigenvalue weighted by Crippen LogP contribution is -2.38. The predicted octanol–water partition coefficient (Wildman–Crippen LogP) is 2.26. The van der Waals surface area contributed by atoms with E-state index in [1.165, 1.54) is 25.9 Å². The van der Waals surface area contributed by atoms with Crippen molar-refractivity contribution >= 4 is 11.8 Å². The van der Waals surface area contributed by atoms with Crippen molar-refractivity contribution in [2.75, 3.05) is 32.7 Å². The number of nitrogens with one attached hydrogen (secondary N) is 1. The molecule has 2 aliphatic rings. The van der Waals surface area contributed by atoms with Crippen LogP contribution < -0.4 is 5.32 Å². The van der Waals surface area contributed by atoms with Gasteiger partial charge in [-0.15, -0.1) is 0 Å². The molecule has 2 rings (SSSR count). The van der Waals surface area contributed by atoms with Gasteiger partial charge in [-0.2, -0.15) is 0 Å². The molecule has 2 amide bonds. The molecule has 24 heavy (non-hydrogen) atoms. The largest absolute Gasteiger partial charge is 0.356 e. The van der Waals surface area contributed by atoms with Crippen molar-refractivity contribution in [3.8, 4) is 0 Å². The second kappa shape index (κ2) is 9.40. The van der Waals surface area contributed by atoms with E-state index >= 15 is 0 Å². The standard InChI is InChI=1S/C19H35N3O2/c1-4-17(5-2)22-14-16(13-18(22)23)19(24)20-9-6-10-21-11-7-15(3)8-12-21/h15-17H,4-14H2,1-3H3,(H,20,24). The molecular weight excluding hydrogens is 302 g/mol. The fraction of sp³-hybridized carbons (Fsp3) is 0.895. The van der Waals surface area contributed by atoms with Gasteiger partial charge in [0.05, 0.1) is 5.92 Å². The average Bonchev–Trinajstić information content (AvgIpc) is 2.96. The van der Waals surface area contributed by atoms with Crippen molar-refractivity contribution in [1.29, 1.82) is 0 Å². The van der Waals surface area contributed by atoms with Crippen LogP contribution in [0.5, 0.6) is 0 Å². The molecule has 0 saturated carbocycles. The summed E-state index contributed by atoms with van der Waals surface area (Å²) in [7, 11) is 0. The zero-order chi connectivity index (χ0) is 17.5. The van der Waals surface area contributed by atoms with Crippen LogP contribution in [-0.2, 0) is 9.59 Å². The number of hydrogen-bond donors (Lipinski definition) is 1. The Morgan fingerprint density at radius 1 is 1.25 bits per heavy atom. The van der Waals surface area contributed by atoms with Crippen LogP contribution in [0.1, 0.15) is 59.3 Å². The summed E-state index contributed by atoms with van der Waals surface area (Å²) in [4.78, 5) is 28.9. The van der Waals surface area contributed by atoms with Crippen LogP contribution in [0.4, 0.5) is 0 Å². The Kier molecular flexibility index (Phi) is 7.53. The summed E-state index contributed by atoms with van der Waals surface area (Å²) >= 11 is 0. The predicted molar refractivity (Wildman–Crippen MR) is 96.7 cm³/mol. The summed E-state index contributed by atoms with van der Waals surface area (Å²) < 4.78 is 0. The maximum atomic E-state index is 12.3. The van der Waals surface area contributed by atoms with Gasteiger partial charge in [0.2, 0.25) is 11.8 Å². The SMILES string of the molecule is CCC(CC)N1CC(C(=O)NCCCN2CCC(C)CC2)CC1=O. The Balaban J connectivity index is 1.65. The molecule has 5 heteroatoms. The Morgan fingerprint density at radius 2 is 1.92 bits per heavy atom. The van der Waals surface area contributed by atoms with E-state index in [4.69, 9.17) is 0 Å². The van der Waals surface area contributed by atoms with Gasteiger partial charge < -0.3 is 15.1 Å². The van der Waals surface area contributed by atoms with Crippen LogP contribution in [-0.4, -0.2) is 60.4 Å². The first kappa shape index (κ1) is 19.2. The highest BCUT2D eigenvalue weighted by atomic mass is 16.2. The molecule has 2 heterocycles. The summed E-state index contributed by atoms with van der Waals surface area (Å²) in [5, 5.41) is 3.04. The van der Waals surface area contributed by atoms with Crippen molar-refractivity contribution < 1.29 is 9.59 Å². The molecular formula is C19H35N3O2. The van der Waals surface area contributed by atoms with Gasteiger partial charge in [0, 0.05) is 25.6 Å². The minimum absolute atomic E-state index is 0.0593. The zero-order valence-corrected chi connectivity index (χ0v) is 15.7. The molecule has 0 aromatic heterocycles. The second-order valence-electron chi connectivity index (χ2n) is 7.59. The van der Waals surface area contributed by atoms with E-state index in [9.17, 15) is 9.59 Å². The molecule has 0 aromatic rings. The topological polar surface area (TPSA) is 52.7 Å². The third-order valence-corrected chi connectivity index (χ3v) is 5.74. The van der Waals surface area contributed by atoms with E-state index in [-0.39, 0.29) is 23.8 Å². The van der Waals surface area contributed by atoms with Gasteiger partial charge >= 0.3 is 0 Å². The lowest BCUT2D eigenvalue weighted by atomic mass is 9.99. The highest BCUT2D eigenvalue weighted by Crippen LogP contribution is 2.23. The molecule has 0 bridgehead atoms. The molecule has 1 atom stereocenters. The Morgan fingerprint density at radius 3 is 2.54 bits per heavy atom. The van der Waals surface area contributed by atoms with Gasteiger partial charge in [-0.05, 0) is 57.7 Å². The van der Waals surface area contributed by atoms with Crippen molar-refractivity contribution in [2.45, 2.75) is 65.3 Å². The molecule has 1 N–H and O–H groups in total. The number of nitrogens with zero attached hydrogens (tertiary/aromatic N) is 2. The molecule has 0 spiro atoms. The fourth-order valence-electron chi connectivity index (χ4n) is 3.93. The molecule has 0 aromatic carbocycles. The van der Waals surface area contributed by atoms with Crippen molar-refractivity contribution in [3.05, 3.63) is 0 Å². The first-order chi connectivity index (χ1) is 11.5. The Hall–Kier alpha value is -1.10.